The summed E-state index contributed by atoms with van der Waals surface area (Å²) >= 11 is 1.58. The monoisotopic (exact) mass is 257 g/mol. The van der Waals surface area contributed by atoms with Gasteiger partial charge in [-0.05, 0) is 20.4 Å². The molecular weight excluding hydrogens is 238 g/mol. The molecule has 0 saturated carbocycles. The van der Waals surface area contributed by atoms with Crippen molar-refractivity contribution in [2.24, 2.45) is 12.8 Å². The summed E-state index contributed by atoms with van der Waals surface area (Å²) in [4.78, 5) is 11.4. The molecule has 0 saturated heterocycles. The van der Waals surface area contributed by atoms with E-state index < -0.39 is 5.54 Å². The van der Waals surface area contributed by atoms with E-state index >= 15 is 0 Å². The van der Waals surface area contributed by atoms with Gasteiger partial charge in [0.05, 0.1) is 5.54 Å². The maximum atomic E-state index is 11.4. The van der Waals surface area contributed by atoms with E-state index in [4.69, 9.17) is 5.73 Å². The highest BCUT2D eigenvalue weighted by atomic mass is 32.2. The number of nitrogens with one attached hydrogen (secondary N) is 1. The van der Waals surface area contributed by atoms with E-state index in [-0.39, 0.29) is 11.2 Å². The molecule has 2 atom stereocenters. The van der Waals surface area contributed by atoms with Crippen molar-refractivity contribution in [1.82, 2.24) is 20.1 Å². The maximum Gasteiger partial charge on any atom is 0.237 e. The van der Waals surface area contributed by atoms with Gasteiger partial charge in [-0.1, -0.05) is 18.7 Å². The number of nitrogens with two attached hydrogens (primary N) is 1. The second-order valence-electron chi connectivity index (χ2n) is 4.30. The van der Waals surface area contributed by atoms with E-state index in [0.717, 1.165) is 5.16 Å². The number of hydrogen-bond acceptors (Lipinski definition) is 5. The second-order valence-corrected chi connectivity index (χ2v) is 5.71. The molecule has 0 fully saturated rings. The molecule has 0 radical (unpaired) electrons. The van der Waals surface area contributed by atoms with Gasteiger partial charge in [-0.25, -0.2) is 0 Å². The minimum atomic E-state index is -0.689. The lowest BCUT2D eigenvalue weighted by Gasteiger charge is -2.28. The topological polar surface area (TPSA) is 85.8 Å². The first-order chi connectivity index (χ1) is 7.89. The number of hydrogen-bond donors (Lipinski definition) is 2. The summed E-state index contributed by atoms with van der Waals surface area (Å²) in [5, 5.41) is 11.8. The Kier molecular flexibility index (Phi) is 4.53. The van der Waals surface area contributed by atoms with Gasteiger partial charge < -0.3 is 15.6 Å². The van der Waals surface area contributed by atoms with E-state index in [1.807, 2.05) is 25.5 Å². The minimum absolute atomic E-state index is 0.211. The van der Waals surface area contributed by atoms with Gasteiger partial charge in [0, 0.05) is 12.3 Å². The molecule has 1 heterocycles. The lowest BCUT2D eigenvalue weighted by molar-refractivity contribution is -0.123. The van der Waals surface area contributed by atoms with Crippen LogP contribution in [0.3, 0.4) is 0 Å². The molecule has 0 spiro atoms. The van der Waals surface area contributed by atoms with Crippen LogP contribution in [0.5, 0.6) is 0 Å². The molecule has 0 aromatic carbocycles. The largest absolute Gasteiger partial charge is 0.368 e. The van der Waals surface area contributed by atoms with Crippen LogP contribution in [0.4, 0.5) is 0 Å². The Morgan fingerprint density at radius 1 is 1.76 bits per heavy atom. The average Bonchev–Trinajstić information content (AvgIpc) is 2.63. The first kappa shape index (κ1) is 14.0. The van der Waals surface area contributed by atoms with Crippen LogP contribution in [0.15, 0.2) is 11.5 Å². The van der Waals surface area contributed by atoms with Gasteiger partial charge in [0.2, 0.25) is 5.91 Å². The van der Waals surface area contributed by atoms with E-state index in [2.05, 4.69) is 15.5 Å². The Morgan fingerprint density at radius 2 is 2.41 bits per heavy atom. The number of thioether (sulfide) groups is 1. The average molecular weight is 257 g/mol. The second kappa shape index (κ2) is 5.50. The van der Waals surface area contributed by atoms with Gasteiger partial charge in [0.15, 0.2) is 5.16 Å². The summed E-state index contributed by atoms with van der Waals surface area (Å²) in [5.74, 6) is -0.342. The number of nitrogens with zero attached hydrogens (tertiary/aromatic N) is 3. The smallest absolute Gasteiger partial charge is 0.237 e. The van der Waals surface area contributed by atoms with Gasteiger partial charge in [-0.2, -0.15) is 0 Å². The predicted octanol–water partition coefficient (Wildman–Crippen LogP) is 0.149. The molecule has 1 aromatic rings. The van der Waals surface area contributed by atoms with Crippen LogP contribution in [0.25, 0.3) is 0 Å². The first-order valence-electron chi connectivity index (χ1n) is 5.38. The summed E-state index contributed by atoms with van der Waals surface area (Å²) in [6.07, 6.45) is 2.29. The molecule has 6 nitrogen and oxygen atoms in total. The Balaban J connectivity index is 2.63. The van der Waals surface area contributed by atoms with Crippen LogP contribution in [0.1, 0.15) is 20.3 Å². The molecule has 1 rings (SSSR count). The molecule has 1 aromatic heterocycles. The van der Waals surface area contributed by atoms with Crippen molar-refractivity contribution in [2.45, 2.75) is 36.2 Å². The number of amides is 1. The molecule has 17 heavy (non-hydrogen) atoms. The van der Waals surface area contributed by atoms with E-state index in [9.17, 15) is 4.79 Å². The van der Waals surface area contributed by atoms with Gasteiger partial charge >= 0.3 is 0 Å². The number of carbonyl (C=O) groups excluding carboxylic acids is 1. The third kappa shape index (κ3) is 3.44. The van der Waals surface area contributed by atoms with Crippen LogP contribution >= 0.6 is 11.8 Å². The number of likely N-dealkylation sites (N-methyl/N-ethyl adjacent to an activating group) is 1. The fourth-order valence-corrected chi connectivity index (χ4v) is 2.59. The van der Waals surface area contributed by atoms with Crippen molar-refractivity contribution >= 4 is 17.7 Å². The van der Waals surface area contributed by atoms with Crippen LogP contribution in [0.2, 0.25) is 0 Å². The predicted molar refractivity (Wildman–Crippen MR) is 67.6 cm³/mol. The van der Waals surface area contributed by atoms with Crippen LogP contribution in [-0.2, 0) is 11.8 Å². The van der Waals surface area contributed by atoms with Crippen LogP contribution < -0.4 is 11.1 Å². The maximum absolute atomic E-state index is 11.4. The Morgan fingerprint density at radius 3 is 2.82 bits per heavy atom. The van der Waals surface area contributed by atoms with Gasteiger partial charge in [-0.15, -0.1) is 10.2 Å². The minimum Gasteiger partial charge on any atom is -0.368 e. The normalized spacial score (nSPS) is 16.5. The molecule has 96 valence electrons. The highest BCUT2D eigenvalue weighted by Gasteiger charge is 2.31. The van der Waals surface area contributed by atoms with Crippen LogP contribution in [0, 0.1) is 0 Å². The van der Waals surface area contributed by atoms with E-state index in [1.165, 1.54) is 0 Å². The molecule has 1 amide bonds. The molecule has 0 aliphatic rings. The molecular formula is C10H19N5OS. The summed E-state index contributed by atoms with van der Waals surface area (Å²) in [7, 11) is 3.63. The van der Waals surface area contributed by atoms with E-state index in [1.54, 1.807) is 25.1 Å². The Labute approximate surface area is 105 Å². The standard InChI is InChI=1S/C10H19N5OS/c1-7(5-10(2,12-3)8(11)16)17-9-14-13-6-15(9)4/h6-7,12H,5H2,1-4H3,(H2,11,16). The highest BCUT2D eigenvalue weighted by Crippen LogP contribution is 2.26. The Bertz CT molecular complexity index is 394. The summed E-state index contributed by atoms with van der Waals surface area (Å²) in [6, 6.07) is 0. The van der Waals surface area contributed by atoms with Gasteiger partial charge in [-0.3, -0.25) is 4.79 Å². The summed E-state index contributed by atoms with van der Waals surface area (Å²) < 4.78 is 1.85. The molecule has 2 unspecified atom stereocenters. The molecule has 3 N–H and O–H groups in total. The number of primary amides is 1. The highest BCUT2D eigenvalue weighted by molar-refractivity contribution is 7.99. The van der Waals surface area contributed by atoms with Crippen LogP contribution in [-0.4, -0.2) is 38.5 Å². The molecule has 0 bridgehead atoms. The fourth-order valence-electron chi connectivity index (χ4n) is 1.50. The number of carbonyl (C=O) groups is 1. The lowest BCUT2D eigenvalue weighted by atomic mass is 9.95. The van der Waals surface area contributed by atoms with E-state index in [0.29, 0.717) is 6.42 Å². The molecule has 0 aliphatic carbocycles. The number of aromatic nitrogens is 3. The molecule has 7 heteroatoms. The van der Waals surface area contributed by atoms with Crippen molar-refractivity contribution in [2.75, 3.05) is 7.05 Å². The van der Waals surface area contributed by atoms with Gasteiger partial charge in [0.25, 0.3) is 0 Å². The Hall–Kier alpha value is -1.08. The quantitative estimate of drug-likeness (QED) is 0.708. The third-order valence-electron chi connectivity index (χ3n) is 2.77. The van der Waals surface area contributed by atoms with Crippen molar-refractivity contribution < 1.29 is 4.79 Å². The SMILES string of the molecule is CNC(C)(CC(C)Sc1nncn1C)C(N)=O. The zero-order valence-electron chi connectivity index (χ0n) is 10.6. The van der Waals surface area contributed by atoms with Crippen molar-refractivity contribution in [3.05, 3.63) is 6.33 Å². The third-order valence-corrected chi connectivity index (χ3v) is 3.92. The van der Waals surface area contributed by atoms with Crippen molar-refractivity contribution in [1.29, 1.82) is 0 Å². The fraction of sp³-hybridized carbons (Fsp3) is 0.700. The lowest BCUT2D eigenvalue weighted by Crippen LogP contribution is -2.52. The van der Waals surface area contributed by atoms with Gasteiger partial charge in [0.1, 0.15) is 6.33 Å². The van der Waals surface area contributed by atoms with Crippen molar-refractivity contribution in [3.63, 3.8) is 0 Å². The zero-order valence-corrected chi connectivity index (χ0v) is 11.4. The van der Waals surface area contributed by atoms with Crippen molar-refractivity contribution in [3.8, 4) is 0 Å². The first-order valence-corrected chi connectivity index (χ1v) is 6.26. The number of rotatable bonds is 6. The summed E-state index contributed by atoms with van der Waals surface area (Å²) in [6.45, 7) is 3.85. The summed E-state index contributed by atoms with van der Waals surface area (Å²) in [5.41, 5.74) is 4.70. The molecule has 0 aliphatic heterocycles. The number of aryl methyl sites for hydroxylation is 1. The zero-order chi connectivity index (χ0) is 13.1.